The average molecular weight is 315 g/mol. The molecule has 0 saturated carbocycles. The number of hydrogen-bond acceptors (Lipinski definition) is 1. The van der Waals surface area contributed by atoms with Gasteiger partial charge in [0, 0.05) is 5.39 Å². The molecule has 0 heterocycles. The summed E-state index contributed by atoms with van der Waals surface area (Å²) in [7, 11) is 0. The van der Waals surface area contributed by atoms with Crippen LogP contribution in [-0.2, 0) is 12.8 Å². The molecule has 1 heteroatoms. The van der Waals surface area contributed by atoms with Crippen molar-refractivity contribution in [1.29, 1.82) is 5.26 Å². The standard InChI is InChI=1S/C23H25N/c1-3-5-9-19-14-20-13-17-10-7-8-11-18(17)15-22(20)23(16-24)21(19)12-6-4-2/h7-8,10-11,13-15H,3-6,9,12H2,1-2H3. The van der Waals surface area contributed by atoms with Gasteiger partial charge in [-0.2, -0.15) is 5.26 Å². The maximum Gasteiger partial charge on any atom is 0.100 e. The Hall–Kier alpha value is -2.33. The molecule has 1 nitrogen and oxygen atoms in total. The van der Waals surface area contributed by atoms with Crippen molar-refractivity contribution in [2.24, 2.45) is 0 Å². The summed E-state index contributed by atoms with van der Waals surface area (Å²) in [4.78, 5) is 0. The molecule has 0 amide bonds. The molecule has 0 fully saturated rings. The van der Waals surface area contributed by atoms with Crippen LogP contribution in [0.1, 0.15) is 56.2 Å². The molecular formula is C23H25N. The predicted octanol–water partition coefficient (Wildman–Crippen LogP) is 6.55. The van der Waals surface area contributed by atoms with E-state index in [0.717, 1.165) is 36.6 Å². The number of nitriles is 1. The lowest BCUT2D eigenvalue weighted by Crippen LogP contribution is -2.00. The molecule has 24 heavy (non-hydrogen) atoms. The maximum atomic E-state index is 9.89. The highest BCUT2D eigenvalue weighted by atomic mass is 14.3. The zero-order valence-corrected chi connectivity index (χ0v) is 14.7. The van der Waals surface area contributed by atoms with Crippen LogP contribution in [0, 0.1) is 11.3 Å². The Labute approximate surface area is 144 Å². The maximum absolute atomic E-state index is 9.89. The van der Waals surface area contributed by atoms with E-state index < -0.39 is 0 Å². The fraction of sp³-hybridized carbons (Fsp3) is 0.348. The van der Waals surface area contributed by atoms with E-state index in [4.69, 9.17) is 0 Å². The van der Waals surface area contributed by atoms with Crippen LogP contribution in [0.3, 0.4) is 0 Å². The van der Waals surface area contributed by atoms with Crippen molar-refractivity contribution in [2.75, 3.05) is 0 Å². The van der Waals surface area contributed by atoms with Crippen LogP contribution in [0.5, 0.6) is 0 Å². The molecule has 3 aromatic rings. The molecule has 122 valence electrons. The summed E-state index contributed by atoms with van der Waals surface area (Å²) in [6, 6.07) is 17.7. The molecule has 0 spiro atoms. The first-order valence-electron chi connectivity index (χ1n) is 9.15. The second kappa shape index (κ2) is 7.49. The molecular weight excluding hydrogens is 290 g/mol. The first-order valence-corrected chi connectivity index (χ1v) is 9.15. The lowest BCUT2D eigenvalue weighted by Gasteiger charge is -2.15. The minimum absolute atomic E-state index is 0.901. The smallest absolute Gasteiger partial charge is 0.100 e. The Morgan fingerprint density at radius 2 is 1.50 bits per heavy atom. The van der Waals surface area contributed by atoms with Gasteiger partial charge in [-0.25, -0.2) is 0 Å². The van der Waals surface area contributed by atoms with Crippen molar-refractivity contribution in [3.05, 3.63) is 59.2 Å². The number of aryl methyl sites for hydroxylation is 1. The van der Waals surface area contributed by atoms with Gasteiger partial charge in [-0.3, -0.25) is 0 Å². The number of nitrogens with zero attached hydrogens (tertiary/aromatic N) is 1. The van der Waals surface area contributed by atoms with Gasteiger partial charge < -0.3 is 0 Å². The van der Waals surface area contributed by atoms with E-state index in [9.17, 15) is 5.26 Å². The summed E-state index contributed by atoms with van der Waals surface area (Å²) in [5, 5.41) is 14.7. The third-order valence-corrected chi connectivity index (χ3v) is 4.90. The van der Waals surface area contributed by atoms with E-state index >= 15 is 0 Å². The molecule has 0 aliphatic carbocycles. The minimum Gasteiger partial charge on any atom is -0.192 e. The van der Waals surface area contributed by atoms with Gasteiger partial charge in [0.2, 0.25) is 0 Å². The zero-order chi connectivity index (χ0) is 16.9. The largest absolute Gasteiger partial charge is 0.192 e. The van der Waals surface area contributed by atoms with Gasteiger partial charge in [0.15, 0.2) is 0 Å². The molecule has 3 rings (SSSR count). The summed E-state index contributed by atoms with van der Waals surface area (Å²) >= 11 is 0. The second-order valence-corrected chi connectivity index (χ2v) is 6.63. The van der Waals surface area contributed by atoms with Gasteiger partial charge in [0.05, 0.1) is 5.56 Å². The number of hydrogen-bond donors (Lipinski definition) is 0. The predicted molar refractivity (Wildman–Crippen MR) is 103 cm³/mol. The summed E-state index contributed by atoms with van der Waals surface area (Å²) in [5.74, 6) is 0. The topological polar surface area (TPSA) is 23.8 Å². The van der Waals surface area contributed by atoms with E-state index in [1.807, 2.05) is 0 Å². The van der Waals surface area contributed by atoms with Gasteiger partial charge in [0.1, 0.15) is 6.07 Å². The van der Waals surface area contributed by atoms with Crippen molar-refractivity contribution in [3.63, 3.8) is 0 Å². The fourth-order valence-corrected chi connectivity index (χ4v) is 3.55. The van der Waals surface area contributed by atoms with Crippen LogP contribution in [-0.4, -0.2) is 0 Å². The third-order valence-electron chi connectivity index (χ3n) is 4.90. The van der Waals surface area contributed by atoms with E-state index in [0.29, 0.717) is 0 Å². The normalized spacial score (nSPS) is 11.0. The van der Waals surface area contributed by atoms with E-state index in [1.165, 1.54) is 40.1 Å². The Morgan fingerprint density at radius 3 is 2.17 bits per heavy atom. The molecule has 3 aromatic carbocycles. The molecule has 0 aliphatic heterocycles. The van der Waals surface area contributed by atoms with Crippen LogP contribution in [0.4, 0.5) is 0 Å². The van der Waals surface area contributed by atoms with Gasteiger partial charge in [-0.15, -0.1) is 0 Å². The monoisotopic (exact) mass is 315 g/mol. The molecule has 0 bridgehead atoms. The molecule has 0 atom stereocenters. The van der Waals surface area contributed by atoms with E-state index in [2.05, 4.69) is 62.4 Å². The highest BCUT2D eigenvalue weighted by Crippen LogP contribution is 2.31. The SMILES string of the molecule is CCCCc1cc2cc3ccccc3cc2c(C#N)c1CCCC. The Balaban J connectivity index is 2.27. The van der Waals surface area contributed by atoms with Crippen LogP contribution in [0.25, 0.3) is 21.5 Å². The molecule has 0 aliphatic rings. The number of rotatable bonds is 6. The second-order valence-electron chi connectivity index (χ2n) is 6.63. The summed E-state index contributed by atoms with van der Waals surface area (Å²) < 4.78 is 0. The minimum atomic E-state index is 0.901. The Bertz CT molecular complexity index is 899. The summed E-state index contributed by atoms with van der Waals surface area (Å²) in [6.07, 6.45) is 6.77. The highest BCUT2D eigenvalue weighted by molar-refractivity contribution is 6.01. The zero-order valence-electron chi connectivity index (χ0n) is 14.7. The molecule has 0 N–H and O–H groups in total. The van der Waals surface area contributed by atoms with Gasteiger partial charge in [-0.05, 0) is 65.1 Å². The highest BCUT2D eigenvalue weighted by Gasteiger charge is 2.13. The van der Waals surface area contributed by atoms with Crippen LogP contribution >= 0.6 is 0 Å². The molecule has 0 saturated heterocycles. The summed E-state index contributed by atoms with van der Waals surface area (Å²) in [6.45, 7) is 4.44. The first-order chi connectivity index (χ1) is 11.8. The lowest BCUT2D eigenvalue weighted by atomic mass is 9.88. The van der Waals surface area contributed by atoms with E-state index in [1.54, 1.807) is 0 Å². The van der Waals surface area contributed by atoms with Crippen molar-refractivity contribution < 1.29 is 0 Å². The van der Waals surface area contributed by atoms with Crippen molar-refractivity contribution in [3.8, 4) is 6.07 Å². The van der Waals surface area contributed by atoms with Crippen molar-refractivity contribution >= 4 is 21.5 Å². The Morgan fingerprint density at radius 1 is 0.833 bits per heavy atom. The van der Waals surface area contributed by atoms with Gasteiger partial charge >= 0.3 is 0 Å². The van der Waals surface area contributed by atoms with Crippen LogP contribution in [0.2, 0.25) is 0 Å². The quantitative estimate of drug-likeness (QED) is 0.473. The number of unbranched alkanes of at least 4 members (excludes halogenated alkanes) is 2. The molecule has 0 radical (unpaired) electrons. The number of fused-ring (bicyclic) bond motifs is 2. The first kappa shape index (κ1) is 16.5. The van der Waals surface area contributed by atoms with Gasteiger partial charge in [0.25, 0.3) is 0 Å². The fourth-order valence-electron chi connectivity index (χ4n) is 3.55. The number of benzene rings is 3. The van der Waals surface area contributed by atoms with Crippen molar-refractivity contribution in [2.45, 2.75) is 52.4 Å². The molecule has 0 aromatic heterocycles. The van der Waals surface area contributed by atoms with Crippen LogP contribution < -0.4 is 0 Å². The summed E-state index contributed by atoms with van der Waals surface area (Å²) in [5.41, 5.74) is 3.57. The van der Waals surface area contributed by atoms with E-state index in [-0.39, 0.29) is 0 Å². The van der Waals surface area contributed by atoms with Crippen LogP contribution in [0.15, 0.2) is 42.5 Å². The lowest BCUT2D eigenvalue weighted by molar-refractivity contribution is 0.758. The van der Waals surface area contributed by atoms with Crippen molar-refractivity contribution in [1.82, 2.24) is 0 Å². The third kappa shape index (κ3) is 3.15. The van der Waals surface area contributed by atoms with Gasteiger partial charge in [-0.1, -0.05) is 57.0 Å². The molecule has 0 unspecified atom stereocenters. The average Bonchev–Trinajstić information content (AvgIpc) is 2.62. The Kier molecular flexibility index (Phi) is 5.16.